The number of thiocarbonyl (C=S) groups is 1. The number of hydrogen-bond donors (Lipinski definition) is 0. The van der Waals surface area contributed by atoms with E-state index < -0.39 is 0 Å². The topological polar surface area (TPSA) is 0 Å². The van der Waals surface area contributed by atoms with E-state index in [4.69, 9.17) is 12.2 Å². The molecule has 0 radical (unpaired) electrons. The van der Waals surface area contributed by atoms with Gasteiger partial charge in [-0.05, 0) is 24.3 Å². The Bertz CT molecular complexity index is 144. The Kier molecular flexibility index (Phi) is 1.22. The Labute approximate surface area is 53.0 Å². The van der Waals surface area contributed by atoms with E-state index in [1.807, 2.05) is 0 Å². The highest BCUT2D eigenvalue weighted by Gasteiger charge is 2.14. The summed E-state index contributed by atoms with van der Waals surface area (Å²) in [4.78, 5) is 1.38. The van der Waals surface area contributed by atoms with Gasteiger partial charge in [0.1, 0.15) is 0 Å². The van der Waals surface area contributed by atoms with E-state index in [1.54, 1.807) is 11.8 Å². The van der Waals surface area contributed by atoms with Gasteiger partial charge in [-0.1, -0.05) is 24.0 Å². The molecule has 0 amide bonds. The van der Waals surface area contributed by atoms with Gasteiger partial charge in [-0.15, -0.1) is 0 Å². The maximum absolute atomic E-state index is 4.89. The maximum atomic E-state index is 4.89. The zero-order valence-corrected chi connectivity index (χ0v) is 5.95. The molecule has 38 valence electrons. The molecule has 1 rings (SSSR count). The fourth-order valence-corrected chi connectivity index (χ4v) is 1.67. The molecule has 0 N–H and O–H groups in total. The average molecular weight is 130 g/mol. The third-order valence-electron chi connectivity index (χ3n) is 1.08. The Hall–Kier alpha value is 0.180. The van der Waals surface area contributed by atoms with Crippen molar-refractivity contribution in [3.63, 3.8) is 0 Å². The van der Waals surface area contributed by atoms with Crippen molar-refractivity contribution < 1.29 is 0 Å². The lowest BCUT2D eigenvalue weighted by atomic mass is 10.3. The fourth-order valence-electron chi connectivity index (χ4n) is 0.390. The van der Waals surface area contributed by atoms with E-state index in [1.165, 1.54) is 10.5 Å². The molecule has 1 aliphatic rings. The van der Waals surface area contributed by atoms with Gasteiger partial charge < -0.3 is 0 Å². The number of allylic oxidation sites excluding steroid dienone is 1. The molecule has 2 heteroatoms. The van der Waals surface area contributed by atoms with Gasteiger partial charge in [0.2, 0.25) is 0 Å². The lowest BCUT2D eigenvalue weighted by molar-refractivity contribution is 1.51. The SMILES string of the molecule is CC1=C(C)C(=S)S1. The monoisotopic (exact) mass is 130 g/mol. The first-order valence-electron chi connectivity index (χ1n) is 2.11. The van der Waals surface area contributed by atoms with Gasteiger partial charge in [-0.25, -0.2) is 0 Å². The first-order valence-corrected chi connectivity index (χ1v) is 3.34. The fraction of sp³-hybridized carbons (Fsp3) is 0.400. The molecule has 0 atom stereocenters. The molecule has 0 aliphatic carbocycles. The summed E-state index contributed by atoms with van der Waals surface area (Å²) in [5, 5.41) is 0. The highest BCUT2D eigenvalue weighted by molar-refractivity contribution is 8.28. The van der Waals surface area contributed by atoms with Crippen molar-refractivity contribution in [2.45, 2.75) is 13.8 Å². The van der Waals surface area contributed by atoms with Crippen molar-refractivity contribution in [3.8, 4) is 0 Å². The van der Waals surface area contributed by atoms with Gasteiger partial charge in [-0.3, -0.25) is 0 Å². The number of hydrogen-bond acceptors (Lipinski definition) is 2. The minimum Gasteiger partial charge on any atom is -0.0824 e. The van der Waals surface area contributed by atoms with Crippen molar-refractivity contribution in [1.82, 2.24) is 0 Å². The summed E-state index contributed by atoms with van der Waals surface area (Å²) in [6.07, 6.45) is 0. The van der Waals surface area contributed by atoms with Crippen molar-refractivity contribution in [3.05, 3.63) is 10.5 Å². The summed E-state index contributed by atoms with van der Waals surface area (Å²) in [6.45, 7) is 4.16. The molecule has 0 aromatic carbocycles. The van der Waals surface area contributed by atoms with Crippen LogP contribution in [0.2, 0.25) is 0 Å². The van der Waals surface area contributed by atoms with Crippen molar-refractivity contribution in [2.24, 2.45) is 0 Å². The molecule has 0 nitrogen and oxygen atoms in total. The Balaban J connectivity index is 2.85. The smallest absolute Gasteiger partial charge is 0.0787 e. The summed E-state index contributed by atoms with van der Waals surface area (Å²) in [7, 11) is 0. The van der Waals surface area contributed by atoms with E-state index >= 15 is 0 Å². The second-order valence-electron chi connectivity index (χ2n) is 1.57. The van der Waals surface area contributed by atoms with Crippen LogP contribution in [0.1, 0.15) is 13.8 Å². The van der Waals surface area contributed by atoms with Crippen LogP contribution in [-0.2, 0) is 0 Å². The molecule has 0 spiro atoms. The summed E-state index contributed by atoms with van der Waals surface area (Å²) >= 11 is 6.59. The third kappa shape index (κ3) is 0.728. The van der Waals surface area contributed by atoms with Gasteiger partial charge in [0.25, 0.3) is 0 Å². The average Bonchev–Trinajstić information content (AvgIpc) is 1.68. The summed E-state index contributed by atoms with van der Waals surface area (Å²) < 4.78 is 1.07. The van der Waals surface area contributed by atoms with Crippen LogP contribution in [0.4, 0.5) is 0 Å². The maximum Gasteiger partial charge on any atom is 0.0787 e. The standard InChI is InChI=1S/C5H6S2/c1-3-4(2)7-5(3)6/h1-2H3. The van der Waals surface area contributed by atoms with Crippen LogP contribution in [0.3, 0.4) is 0 Å². The van der Waals surface area contributed by atoms with Crippen LogP contribution in [0.15, 0.2) is 10.5 Å². The van der Waals surface area contributed by atoms with Gasteiger partial charge in [0, 0.05) is 0 Å². The predicted octanol–water partition coefficient (Wildman–Crippen LogP) is 2.35. The highest BCUT2D eigenvalue weighted by Crippen LogP contribution is 2.35. The first kappa shape index (κ1) is 5.32. The molecule has 0 saturated heterocycles. The zero-order chi connectivity index (χ0) is 5.44. The van der Waals surface area contributed by atoms with E-state index in [2.05, 4.69) is 13.8 Å². The normalized spacial score (nSPS) is 20.0. The largest absolute Gasteiger partial charge is 0.0824 e. The van der Waals surface area contributed by atoms with E-state index in [-0.39, 0.29) is 0 Å². The van der Waals surface area contributed by atoms with E-state index in [0.717, 1.165) is 4.20 Å². The molecule has 1 heterocycles. The van der Waals surface area contributed by atoms with Crippen LogP contribution in [0.25, 0.3) is 0 Å². The lowest BCUT2D eigenvalue weighted by Gasteiger charge is -2.16. The molecule has 7 heavy (non-hydrogen) atoms. The molecular formula is C5H6S2. The van der Waals surface area contributed by atoms with Gasteiger partial charge in [-0.2, -0.15) is 0 Å². The molecule has 0 unspecified atom stereocenters. The van der Waals surface area contributed by atoms with Crippen LogP contribution in [-0.4, -0.2) is 4.20 Å². The van der Waals surface area contributed by atoms with Crippen LogP contribution in [0.5, 0.6) is 0 Å². The zero-order valence-electron chi connectivity index (χ0n) is 4.32. The number of rotatable bonds is 0. The molecule has 0 aromatic rings. The minimum absolute atomic E-state index is 1.07. The molecular weight excluding hydrogens is 124 g/mol. The molecule has 0 aromatic heterocycles. The molecule has 1 aliphatic heterocycles. The first-order chi connectivity index (χ1) is 3.22. The second kappa shape index (κ2) is 1.60. The second-order valence-corrected chi connectivity index (χ2v) is 3.46. The lowest BCUT2D eigenvalue weighted by Crippen LogP contribution is -2.02. The third-order valence-corrected chi connectivity index (χ3v) is 2.74. The summed E-state index contributed by atoms with van der Waals surface area (Å²) in [5.74, 6) is 0. The van der Waals surface area contributed by atoms with Crippen LogP contribution >= 0.6 is 24.0 Å². The quantitative estimate of drug-likeness (QED) is 0.462. The van der Waals surface area contributed by atoms with E-state index in [9.17, 15) is 0 Å². The van der Waals surface area contributed by atoms with Crippen LogP contribution < -0.4 is 0 Å². The van der Waals surface area contributed by atoms with Gasteiger partial charge >= 0.3 is 0 Å². The minimum atomic E-state index is 1.07. The van der Waals surface area contributed by atoms with Crippen LogP contribution in [0, 0.1) is 0 Å². The molecule has 0 saturated carbocycles. The Morgan fingerprint density at radius 2 is 2.00 bits per heavy atom. The van der Waals surface area contributed by atoms with Gasteiger partial charge in [0.15, 0.2) is 0 Å². The van der Waals surface area contributed by atoms with Gasteiger partial charge in [0.05, 0.1) is 4.20 Å². The van der Waals surface area contributed by atoms with Crippen molar-refractivity contribution >= 4 is 28.2 Å². The van der Waals surface area contributed by atoms with E-state index in [0.29, 0.717) is 0 Å². The number of thioether (sulfide) groups is 1. The Morgan fingerprint density at radius 3 is 2.00 bits per heavy atom. The summed E-state index contributed by atoms with van der Waals surface area (Å²) in [5.41, 5.74) is 1.31. The molecule has 0 bridgehead atoms. The summed E-state index contributed by atoms with van der Waals surface area (Å²) in [6, 6.07) is 0. The molecule has 0 fully saturated rings. The van der Waals surface area contributed by atoms with Crippen molar-refractivity contribution in [2.75, 3.05) is 0 Å². The highest BCUT2D eigenvalue weighted by atomic mass is 32.2. The predicted molar refractivity (Wildman–Crippen MR) is 38.6 cm³/mol. The Morgan fingerprint density at radius 1 is 1.43 bits per heavy atom. The van der Waals surface area contributed by atoms with Crippen molar-refractivity contribution in [1.29, 1.82) is 0 Å².